The summed E-state index contributed by atoms with van der Waals surface area (Å²) in [6, 6.07) is 5.60. The van der Waals surface area contributed by atoms with Crippen molar-refractivity contribution in [2.24, 2.45) is 5.92 Å². The summed E-state index contributed by atoms with van der Waals surface area (Å²) in [6.45, 7) is 7.99. The highest BCUT2D eigenvalue weighted by molar-refractivity contribution is 6.42. The van der Waals surface area contributed by atoms with Crippen molar-refractivity contribution in [1.82, 2.24) is 14.5 Å². The second-order valence-electron chi connectivity index (χ2n) is 6.24. The molecule has 0 aliphatic heterocycles. The lowest BCUT2D eigenvalue weighted by molar-refractivity contribution is -0.132. The van der Waals surface area contributed by atoms with E-state index in [-0.39, 0.29) is 5.91 Å². The predicted molar refractivity (Wildman–Crippen MR) is 98.3 cm³/mol. The molecule has 2 aromatic rings. The van der Waals surface area contributed by atoms with Gasteiger partial charge in [0.05, 0.1) is 16.6 Å². The molecule has 1 aromatic heterocycles. The van der Waals surface area contributed by atoms with Crippen LogP contribution in [-0.2, 0) is 17.9 Å². The number of benzene rings is 1. The van der Waals surface area contributed by atoms with Gasteiger partial charge in [0.2, 0.25) is 5.91 Å². The third-order valence-electron chi connectivity index (χ3n) is 3.71. The number of carbonyl (C=O) groups excluding carboxylic acids is 1. The number of hydrogen-bond acceptors (Lipinski definition) is 2. The van der Waals surface area contributed by atoms with Crippen LogP contribution < -0.4 is 0 Å². The minimum atomic E-state index is 0.146. The van der Waals surface area contributed by atoms with Gasteiger partial charge in [-0.05, 0) is 23.6 Å². The molecule has 0 aliphatic carbocycles. The second kappa shape index (κ2) is 8.54. The van der Waals surface area contributed by atoms with Gasteiger partial charge in [-0.3, -0.25) is 4.79 Å². The van der Waals surface area contributed by atoms with Gasteiger partial charge >= 0.3 is 0 Å². The molecule has 0 bridgehead atoms. The van der Waals surface area contributed by atoms with Crippen molar-refractivity contribution >= 4 is 29.1 Å². The molecule has 0 spiro atoms. The standard InChI is InChI=1S/C18H23Cl2N3O/c1-4-18(24)23(10-13(2)3)12-17-21-7-8-22(17)11-14-5-6-15(19)16(20)9-14/h5-9,13H,4,10-12H2,1-3H3. The van der Waals surface area contributed by atoms with Crippen molar-refractivity contribution in [3.8, 4) is 0 Å². The smallest absolute Gasteiger partial charge is 0.222 e. The number of rotatable bonds is 7. The first kappa shape index (κ1) is 18.8. The maximum absolute atomic E-state index is 12.2. The molecule has 1 amide bonds. The number of imidazole rings is 1. The van der Waals surface area contributed by atoms with Gasteiger partial charge in [0.25, 0.3) is 0 Å². The summed E-state index contributed by atoms with van der Waals surface area (Å²) in [5, 5.41) is 1.08. The van der Waals surface area contributed by atoms with Gasteiger partial charge in [0, 0.05) is 31.9 Å². The van der Waals surface area contributed by atoms with E-state index in [0.717, 1.165) is 17.9 Å². The van der Waals surface area contributed by atoms with Crippen molar-refractivity contribution in [3.63, 3.8) is 0 Å². The minimum absolute atomic E-state index is 0.146. The van der Waals surface area contributed by atoms with E-state index in [0.29, 0.717) is 35.5 Å². The number of nitrogens with zero attached hydrogens (tertiary/aromatic N) is 3. The quantitative estimate of drug-likeness (QED) is 0.715. The third-order valence-corrected chi connectivity index (χ3v) is 4.45. The summed E-state index contributed by atoms with van der Waals surface area (Å²) in [5.41, 5.74) is 1.04. The van der Waals surface area contributed by atoms with E-state index in [9.17, 15) is 4.79 Å². The van der Waals surface area contributed by atoms with Crippen LogP contribution >= 0.6 is 23.2 Å². The highest BCUT2D eigenvalue weighted by atomic mass is 35.5. The third kappa shape index (κ3) is 4.99. The largest absolute Gasteiger partial charge is 0.335 e. The van der Waals surface area contributed by atoms with Crippen LogP contribution in [0.15, 0.2) is 30.6 Å². The van der Waals surface area contributed by atoms with E-state index in [1.807, 2.05) is 34.7 Å². The Morgan fingerprint density at radius 3 is 2.67 bits per heavy atom. The Kier molecular flexibility index (Phi) is 6.69. The molecule has 4 nitrogen and oxygen atoms in total. The van der Waals surface area contributed by atoms with Crippen molar-refractivity contribution in [1.29, 1.82) is 0 Å². The van der Waals surface area contributed by atoms with E-state index in [1.165, 1.54) is 0 Å². The Labute approximate surface area is 153 Å². The number of halogens is 2. The molecule has 0 fully saturated rings. The zero-order valence-electron chi connectivity index (χ0n) is 14.3. The normalized spacial score (nSPS) is 11.1. The van der Waals surface area contributed by atoms with Gasteiger partial charge in [-0.15, -0.1) is 0 Å². The molecule has 130 valence electrons. The molecule has 24 heavy (non-hydrogen) atoms. The summed E-state index contributed by atoms with van der Waals surface area (Å²) < 4.78 is 2.04. The molecule has 1 aromatic carbocycles. The summed E-state index contributed by atoms with van der Waals surface area (Å²) >= 11 is 12.1. The van der Waals surface area contributed by atoms with Crippen LogP contribution in [0.1, 0.15) is 38.6 Å². The maximum Gasteiger partial charge on any atom is 0.222 e. The van der Waals surface area contributed by atoms with Crippen LogP contribution in [0.4, 0.5) is 0 Å². The van der Waals surface area contributed by atoms with Crippen LogP contribution in [0.5, 0.6) is 0 Å². The number of carbonyl (C=O) groups is 1. The lowest BCUT2D eigenvalue weighted by Gasteiger charge is -2.24. The van der Waals surface area contributed by atoms with Crippen LogP contribution in [-0.4, -0.2) is 26.9 Å². The van der Waals surface area contributed by atoms with Crippen molar-refractivity contribution in [2.75, 3.05) is 6.54 Å². The summed E-state index contributed by atoms with van der Waals surface area (Å²) in [5.74, 6) is 1.43. The van der Waals surface area contributed by atoms with Crippen molar-refractivity contribution < 1.29 is 4.79 Å². The average Bonchev–Trinajstić information content (AvgIpc) is 2.96. The van der Waals surface area contributed by atoms with Gasteiger partial charge in [-0.2, -0.15) is 0 Å². The summed E-state index contributed by atoms with van der Waals surface area (Å²) in [4.78, 5) is 18.5. The molecule has 0 saturated carbocycles. The first-order valence-corrected chi connectivity index (χ1v) is 8.88. The number of amides is 1. The average molecular weight is 368 g/mol. The molecular weight excluding hydrogens is 345 g/mol. The molecule has 0 radical (unpaired) electrons. The molecule has 0 aliphatic rings. The molecule has 0 N–H and O–H groups in total. The van der Waals surface area contributed by atoms with E-state index in [1.54, 1.807) is 12.3 Å². The zero-order chi connectivity index (χ0) is 17.7. The lowest BCUT2D eigenvalue weighted by Crippen LogP contribution is -2.34. The van der Waals surface area contributed by atoms with Gasteiger partial charge in [0.1, 0.15) is 5.82 Å². The van der Waals surface area contributed by atoms with Crippen LogP contribution in [0.2, 0.25) is 10.0 Å². The van der Waals surface area contributed by atoms with E-state index in [2.05, 4.69) is 18.8 Å². The van der Waals surface area contributed by atoms with E-state index >= 15 is 0 Å². The topological polar surface area (TPSA) is 38.1 Å². The lowest BCUT2D eigenvalue weighted by atomic mass is 10.2. The number of aromatic nitrogens is 2. The Morgan fingerprint density at radius 2 is 2.04 bits per heavy atom. The molecule has 0 unspecified atom stereocenters. The summed E-state index contributed by atoms with van der Waals surface area (Å²) in [7, 11) is 0. The van der Waals surface area contributed by atoms with Gasteiger partial charge in [0.15, 0.2) is 0 Å². The SMILES string of the molecule is CCC(=O)N(Cc1nccn1Cc1ccc(Cl)c(Cl)c1)CC(C)C. The van der Waals surface area contributed by atoms with Crippen LogP contribution in [0.25, 0.3) is 0 Å². The maximum atomic E-state index is 12.2. The highest BCUT2D eigenvalue weighted by Gasteiger charge is 2.16. The van der Waals surface area contributed by atoms with Gasteiger partial charge in [-0.25, -0.2) is 4.98 Å². The first-order chi connectivity index (χ1) is 11.4. The van der Waals surface area contributed by atoms with Gasteiger partial charge in [-0.1, -0.05) is 50.0 Å². The Bertz CT molecular complexity index is 697. The fourth-order valence-corrected chi connectivity index (χ4v) is 2.88. The summed E-state index contributed by atoms with van der Waals surface area (Å²) in [6.07, 6.45) is 4.18. The Morgan fingerprint density at radius 1 is 1.29 bits per heavy atom. The molecule has 6 heteroatoms. The minimum Gasteiger partial charge on any atom is -0.335 e. The van der Waals surface area contributed by atoms with Gasteiger partial charge < -0.3 is 9.47 Å². The monoisotopic (exact) mass is 367 g/mol. The van der Waals surface area contributed by atoms with Crippen LogP contribution in [0.3, 0.4) is 0 Å². The fourth-order valence-electron chi connectivity index (χ4n) is 2.56. The fraction of sp³-hybridized carbons (Fsp3) is 0.444. The van der Waals surface area contributed by atoms with E-state index < -0.39 is 0 Å². The highest BCUT2D eigenvalue weighted by Crippen LogP contribution is 2.23. The molecule has 0 saturated heterocycles. The predicted octanol–water partition coefficient (Wildman–Crippen LogP) is 4.63. The van der Waals surface area contributed by atoms with Crippen LogP contribution in [0, 0.1) is 5.92 Å². The first-order valence-electron chi connectivity index (χ1n) is 8.12. The molecule has 1 heterocycles. The molecular formula is C18H23Cl2N3O. The number of hydrogen-bond donors (Lipinski definition) is 0. The van der Waals surface area contributed by atoms with E-state index in [4.69, 9.17) is 23.2 Å². The Balaban J connectivity index is 2.16. The Hall–Kier alpha value is -1.52. The van der Waals surface area contributed by atoms with Crippen molar-refractivity contribution in [2.45, 2.75) is 40.3 Å². The second-order valence-corrected chi connectivity index (χ2v) is 7.06. The zero-order valence-corrected chi connectivity index (χ0v) is 15.8. The molecule has 0 atom stereocenters. The molecule has 2 rings (SSSR count). The van der Waals surface area contributed by atoms with Crippen molar-refractivity contribution in [3.05, 3.63) is 52.0 Å².